The maximum Gasteiger partial charge on any atom is 0.155 e. The van der Waals surface area contributed by atoms with Crippen LogP contribution in [0.25, 0.3) is 82.1 Å². The maximum atomic E-state index is 6.90. The van der Waals surface area contributed by atoms with Crippen molar-refractivity contribution < 1.29 is 4.42 Å². The van der Waals surface area contributed by atoms with Crippen molar-refractivity contribution in [1.82, 2.24) is 4.57 Å². The lowest BCUT2D eigenvalue weighted by atomic mass is 9.81. The SMILES string of the molecule is CCC1C(c2cccc3ccccc23)=NC(c2cc([C@@H]3CCc4cc5ccccc5cc4-c4ccccc43)c3c(c2)oc2ccccc23)=NC1c1ccc2c3ccccc3n(-c3ccccc3)c2c1. The molecule has 0 saturated heterocycles. The highest BCUT2D eigenvalue weighted by Crippen LogP contribution is 2.47. The number of hydrogen-bond acceptors (Lipinski definition) is 3. The van der Waals surface area contributed by atoms with E-state index in [2.05, 4.69) is 224 Å². The van der Waals surface area contributed by atoms with Gasteiger partial charge in [0.15, 0.2) is 5.84 Å². The van der Waals surface area contributed by atoms with Gasteiger partial charge in [0, 0.05) is 50.2 Å². The molecule has 0 fully saturated rings. The Hall–Kier alpha value is -8.34. The number of fused-ring (bicyclic) bond motifs is 11. The van der Waals surface area contributed by atoms with Crippen LogP contribution in [0.4, 0.5) is 0 Å². The number of benzene rings is 10. The van der Waals surface area contributed by atoms with Crippen molar-refractivity contribution in [2.45, 2.75) is 38.1 Å². The number of rotatable bonds is 6. The second-order valence-corrected chi connectivity index (χ2v) is 19.0. The van der Waals surface area contributed by atoms with Crippen LogP contribution in [0.5, 0.6) is 0 Å². The number of aliphatic imine (C=N–C) groups is 2. The molecule has 0 N–H and O–H groups in total. The lowest BCUT2D eigenvalue weighted by molar-refractivity contribution is 0.533. The molecule has 69 heavy (non-hydrogen) atoms. The third kappa shape index (κ3) is 6.36. The van der Waals surface area contributed by atoms with Crippen LogP contribution >= 0.6 is 0 Å². The number of aromatic nitrogens is 1. The van der Waals surface area contributed by atoms with Gasteiger partial charge in [0.25, 0.3) is 0 Å². The van der Waals surface area contributed by atoms with Crippen LogP contribution < -0.4 is 0 Å². The zero-order valence-corrected chi connectivity index (χ0v) is 38.3. The maximum absolute atomic E-state index is 6.90. The summed E-state index contributed by atoms with van der Waals surface area (Å²) in [7, 11) is 0. The summed E-state index contributed by atoms with van der Waals surface area (Å²) in [6.45, 7) is 2.29. The summed E-state index contributed by atoms with van der Waals surface area (Å²) in [5.74, 6) is 0.840. The van der Waals surface area contributed by atoms with E-state index in [1.807, 2.05) is 0 Å². The van der Waals surface area contributed by atoms with Gasteiger partial charge in [0.1, 0.15) is 11.2 Å². The summed E-state index contributed by atoms with van der Waals surface area (Å²) < 4.78 is 9.31. The van der Waals surface area contributed by atoms with Gasteiger partial charge in [-0.1, -0.05) is 171 Å². The average molecular weight is 886 g/mol. The molecule has 1 aliphatic carbocycles. The van der Waals surface area contributed by atoms with Crippen LogP contribution in [-0.4, -0.2) is 16.1 Å². The highest BCUT2D eigenvalue weighted by atomic mass is 16.3. The van der Waals surface area contributed by atoms with Crippen LogP contribution in [0.3, 0.4) is 0 Å². The zero-order valence-electron chi connectivity index (χ0n) is 38.3. The smallest absolute Gasteiger partial charge is 0.155 e. The molecule has 4 nitrogen and oxygen atoms in total. The number of amidine groups is 1. The molecule has 0 bridgehead atoms. The average Bonchev–Trinajstić information content (AvgIpc) is 3.90. The molecule has 10 aromatic carbocycles. The molecule has 3 heterocycles. The monoisotopic (exact) mass is 885 g/mol. The lowest BCUT2D eigenvalue weighted by Crippen LogP contribution is -2.28. The first kappa shape index (κ1) is 39.8. The van der Waals surface area contributed by atoms with E-state index in [4.69, 9.17) is 14.4 Å². The molecule has 2 aromatic heterocycles. The van der Waals surface area contributed by atoms with Crippen LogP contribution in [0.2, 0.25) is 0 Å². The molecule has 0 saturated carbocycles. The Kier molecular flexibility index (Phi) is 9.16. The molecule has 1 aliphatic heterocycles. The van der Waals surface area contributed by atoms with Crippen molar-refractivity contribution in [2.24, 2.45) is 15.9 Å². The predicted octanol–water partition coefficient (Wildman–Crippen LogP) is 16.8. The summed E-state index contributed by atoms with van der Waals surface area (Å²) >= 11 is 0. The third-order valence-electron chi connectivity index (χ3n) is 15.2. The molecule has 2 unspecified atom stereocenters. The van der Waals surface area contributed by atoms with Crippen molar-refractivity contribution in [2.75, 3.05) is 0 Å². The van der Waals surface area contributed by atoms with Crippen LogP contribution in [0, 0.1) is 5.92 Å². The Labute approximate surface area is 400 Å². The Morgan fingerprint density at radius 2 is 1.22 bits per heavy atom. The van der Waals surface area contributed by atoms with Gasteiger partial charge in [-0.05, 0) is 123 Å². The topological polar surface area (TPSA) is 42.8 Å². The van der Waals surface area contributed by atoms with Crippen molar-refractivity contribution >= 4 is 76.8 Å². The van der Waals surface area contributed by atoms with Gasteiger partial charge in [-0.3, -0.25) is 4.99 Å². The molecule has 0 radical (unpaired) electrons. The molecule has 0 spiro atoms. The normalized spacial score (nSPS) is 17.0. The van der Waals surface area contributed by atoms with E-state index < -0.39 is 0 Å². The predicted molar refractivity (Wildman–Crippen MR) is 288 cm³/mol. The minimum absolute atomic E-state index is 0.0173. The molecule has 328 valence electrons. The molecule has 3 atom stereocenters. The minimum atomic E-state index is -0.208. The van der Waals surface area contributed by atoms with E-state index >= 15 is 0 Å². The van der Waals surface area contributed by atoms with Crippen molar-refractivity contribution in [3.8, 4) is 16.8 Å². The second-order valence-electron chi connectivity index (χ2n) is 19.0. The Bertz CT molecular complexity index is 4090. The first-order chi connectivity index (χ1) is 34.2. The number of nitrogens with zero attached hydrogens (tertiary/aromatic N) is 3. The van der Waals surface area contributed by atoms with Gasteiger partial charge in [0.2, 0.25) is 0 Å². The van der Waals surface area contributed by atoms with Gasteiger partial charge in [0.05, 0.1) is 22.8 Å². The van der Waals surface area contributed by atoms with Gasteiger partial charge in [-0.2, -0.15) is 0 Å². The molecular weight excluding hydrogens is 839 g/mol. The van der Waals surface area contributed by atoms with Crippen LogP contribution in [0.15, 0.2) is 227 Å². The largest absolute Gasteiger partial charge is 0.456 e. The first-order valence-corrected chi connectivity index (χ1v) is 24.5. The van der Waals surface area contributed by atoms with Crippen molar-refractivity contribution in [3.05, 3.63) is 246 Å². The Morgan fingerprint density at radius 1 is 0.522 bits per heavy atom. The fourth-order valence-electron chi connectivity index (χ4n) is 12.1. The van der Waals surface area contributed by atoms with E-state index in [-0.39, 0.29) is 17.9 Å². The summed E-state index contributed by atoms with van der Waals surface area (Å²) in [5, 5.41) is 9.73. The Balaban J connectivity index is 1.01. The van der Waals surface area contributed by atoms with Gasteiger partial charge in [-0.25, -0.2) is 4.99 Å². The summed E-state index contributed by atoms with van der Waals surface area (Å²) in [4.78, 5) is 11.6. The third-order valence-corrected chi connectivity index (χ3v) is 15.2. The van der Waals surface area contributed by atoms with Crippen molar-refractivity contribution in [3.63, 3.8) is 0 Å². The zero-order chi connectivity index (χ0) is 45.6. The summed E-state index contributed by atoms with van der Waals surface area (Å²) in [6, 6.07) is 77.5. The van der Waals surface area contributed by atoms with Crippen LogP contribution in [-0.2, 0) is 6.42 Å². The number of furan rings is 1. The number of hydrogen-bond donors (Lipinski definition) is 0. The fourth-order valence-corrected chi connectivity index (χ4v) is 12.1. The molecule has 12 aromatic rings. The Morgan fingerprint density at radius 3 is 2.09 bits per heavy atom. The molecule has 4 heteroatoms. The minimum Gasteiger partial charge on any atom is -0.456 e. The van der Waals surface area contributed by atoms with Gasteiger partial charge < -0.3 is 8.98 Å². The van der Waals surface area contributed by atoms with E-state index in [9.17, 15) is 0 Å². The number of para-hydroxylation sites is 3. The van der Waals surface area contributed by atoms with E-state index in [0.717, 1.165) is 64.2 Å². The summed E-state index contributed by atoms with van der Waals surface area (Å²) in [5.41, 5.74) is 16.2. The van der Waals surface area contributed by atoms with Crippen LogP contribution in [0.1, 0.15) is 65.1 Å². The van der Waals surface area contributed by atoms with E-state index in [1.165, 1.54) is 82.1 Å². The van der Waals surface area contributed by atoms with Gasteiger partial charge in [-0.15, -0.1) is 0 Å². The molecule has 0 amide bonds. The van der Waals surface area contributed by atoms with Gasteiger partial charge >= 0.3 is 0 Å². The second kappa shape index (κ2) is 15.9. The summed E-state index contributed by atoms with van der Waals surface area (Å²) in [6.07, 6.45) is 2.77. The highest BCUT2D eigenvalue weighted by Gasteiger charge is 2.34. The lowest BCUT2D eigenvalue weighted by Gasteiger charge is -2.31. The fraction of sp³-hybridized carbons (Fsp3) is 0.108. The van der Waals surface area contributed by atoms with Crippen molar-refractivity contribution in [1.29, 1.82) is 0 Å². The quantitative estimate of drug-likeness (QED) is 0.164. The first-order valence-electron chi connectivity index (χ1n) is 24.5. The molecule has 2 aliphatic rings. The standard InChI is InChI=1S/C65H47N3O/c1-2-47-63(44-32-34-53-52-26-12-14-29-58(52)68(59(53)38-44)46-21-4-3-5-22-46)66-65(67-64(47)54-28-16-20-40-17-8-9-23-48(40)54)45-37-57(62-55-27-13-15-30-60(55)69-61(62)39-45)51-33-31-43-35-41-18-6-7-19-42(41)36-56(43)50-25-11-10-24-49(50)51/h3-30,32,34-39,47,51,63H,2,31,33H2,1H3/t47?,51-,63?/m1/s1. The number of aryl methyl sites for hydroxylation is 1. The van der Waals surface area contributed by atoms with E-state index in [0.29, 0.717) is 0 Å². The molecule has 14 rings (SSSR count). The molecular formula is C65H47N3O. The highest BCUT2D eigenvalue weighted by molar-refractivity contribution is 6.21. The van der Waals surface area contributed by atoms with E-state index in [1.54, 1.807) is 0 Å².